The van der Waals surface area contributed by atoms with Crippen LogP contribution in [0.25, 0.3) is 0 Å². The molecule has 0 radical (unpaired) electrons. The summed E-state index contributed by atoms with van der Waals surface area (Å²) in [6.45, 7) is 8.04. The van der Waals surface area contributed by atoms with E-state index in [9.17, 15) is 4.79 Å². The van der Waals surface area contributed by atoms with Gasteiger partial charge < -0.3 is 0 Å². The number of carbonyl (C=O) groups is 1. The van der Waals surface area contributed by atoms with Gasteiger partial charge in [-0.25, -0.2) is 5.84 Å². The van der Waals surface area contributed by atoms with Crippen LogP contribution < -0.4 is 11.3 Å². The van der Waals surface area contributed by atoms with Crippen LogP contribution in [0.1, 0.15) is 35.1 Å². The monoisotopic (exact) mass is 206 g/mol. The molecule has 0 heterocycles. The van der Waals surface area contributed by atoms with Crippen molar-refractivity contribution in [3.8, 4) is 0 Å². The molecule has 0 aliphatic rings. The number of rotatable bonds is 2. The number of nitrogens with two attached hydrogens (primary N) is 1. The lowest BCUT2D eigenvalue weighted by molar-refractivity contribution is -0.122. The molecule has 0 aromatic heterocycles. The van der Waals surface area contributed by atoms with Crippen molar-refractivity contribution in [3.05, 3.63) is 34.4 Å². The largest absolute Gasteiger partial charge is 0.294 e. The molecule has 0 bridgehead atoms. The van der Waals surface area contributed by atoms with Gasteiger partial charge in [-0.15, -0.1) is 0 Å². The van der Waals surface area contributed by atoms with Gasteiger partial charge in [-0.05, 0) is 49.9 Å². The molecule has 1 atom stereocenters. The van der Waals surface area contributed by atoms with Gasteiger partial charge in [0.1, 0.15) is 0 Å². The Morgan fingerprint density at radius 3 is 2.40 bits per heavy atom. The number of amides is 1. The summed E-state index contributed by atoms with van der Waals surface area (Å²) in [5.41, 5.74) is 6.89. The van der Waals surface area contributed by atoms with Gasteiger partial charge >= 0.3 is 0 Å². The van der Waals surface area contributed by atoms with E-state index in [1.54, 1.807) is 0 Å². The smallest absolute Gasteiger partial charge is 0.241 e. The summed E-state index contributed by atoms with van der Waals surface area (Å²) in [6, 6.07) is 4.04. The Bertz CT molecular complexity index is 385. The van der Waals surface area contributed by atoms with Gasteiger partial charge in [0.2, 0.25) is 5.91 Å². The summed E-state index contributed by atoms with van der Waals surface area (Å²) in [5.74, 6) is 4.78. The number of benzene rings is 1. The van der Waals surface area contributed by atoms with Gasteiger partial charge in [0.15, 0.2) is 0 Å². The summed E-state index contributed by atoms with van der Waals surface area (Å²) in [5, 5.41) is 0. The first kappa shape index (κ1) is 11.7. The molecule has 0 saturated carbocycles. The Kier molecular flexibility index (Phi) is 3.48. The van der Waals surface area contributed by atoms with Crippen molar-refractivity contribution in [2.45, 2.75) is 33.6 Å². The van der Waals surface area contributed by atoms with Crippen LogP contribution in [0.3, 0.4) is 0 Å². The van der Waals surface area contributed by atoms with E-state index in [-0.39, 0.29) is 11.8 Å². The summed E-state index contributed by atoms with van der Waals surface area (Å²) in [7, 11) is 0. The molecule has 82 valence electrons. The van der Waals surface area contributed by atoms with Crippen molar-refractivity contribution in [1.82, 2.24) is 5.43 Å². The van der Waals surface area contributed by atoms with Crippen molar-refractivity contribution in [1.29, 1.82) is 0 Å². The normalized spacial score (nSPS) is 12.3. The zero-order valence-electron chi connectivity index (χ0n) is 9.72. The maximum absolute atomic E-state index is 11.4. The van der Waals surface area contributed by atoms with Crippen molar-refractivity contribution in [2.75, 3.05) is 0 Å². The van der Waals surface area contributed by atoms with Crippen LogP contribution in [0.15, 0.2) is 12.1 Å². The second-order valence-corrected chi connectivity index (χ2v) is 3.95. The zero-order valence-corrected chi connectivity index (χ0v) is 9.72. The predicted octanol–water partition coefficient (Wildman–Crippen LogP) is 1.71. The average molecular weight is 206 g/mol. The number of nitrogens with one attached hydrogen (secondary N) is 1. The molecule has 0 saturated heterocycles. The van der Waals surface area contributed by atoms with E-state index < -0.39 is 0 Å². The lowest BCUT2D eigenvalue weighted by atomic mass is 9.91. The number of hydrazine groups is 1. The van der Waals surface area contributed by atoms with Crippen LogP contribution in [-0.4, -0.2) is 5.91 Å². The average Bonchev–Trinajstić information content (AvgIpc) is 2.24. The molecule has 3 nitrogen and oxygen atoms in total. The number of hydrogen-bond acceptors (Lipinski definition) is 2. The minimum Gasteiger partial charge on any atom is -0.294 e. The van der Waals surface area contributed by atoms with Crippen LogP contribution in [0.4, 0.5) is 0 Å². The standard InChI is InChI=1S/C12H18N2O/c1-7-5-6-11(9(3)8(7)2)10(4)12(15)14-13/h5-6,10H,13H2,1-4H3,(H,14,15). The summed E-state index contributed by atoms with van der Waals surface area (Å²) in [6.07, 6.45) is 0. The predicted molar refractivity (Wildman–Crippen MR) is 61.4 cm³/mol. The lowest BCUT2D eigenvalue weighted by Gasteiger charge is -2.16. The first-order chi connectivity index (χ1) is 6.99. The molecule has 0 spiro atoms. The third-order valence-electron chi connectivity index (χ3n) is 3.10. The molecule has 0 aliphatic heterocycles. The highest BCUT2D eigenvalue weighted by atomic mass is 16.2. The Hall–Kier alpha value is -1.35. The molecule has 1 aromatic carbocycles. The summed E-state index contributed by atoms with van der Waals surface area (Å²) in [4.78, 5) is 11.4. The molecule has 1 rings (SSSR count). The van der Waals surface area contributed by atoms with Crippen LogP contribution in [0, 0.1) is 20.8 Å². The Labute approximate surface area is 90.6 Å². The Morgan fingerprint density at radius 1 is 1.27 bits per heavy atom. The number of hydrogen-bond donors (Lipinski definition) is 2. The van der Waals surface area contributed by atoms with Gasteiger partial charge in [-0.1, -0.05) is 12.1 Å². The van der Waals surface area contributed by atoms with Crippen molar-refractivity contribution >= 4 is 5.91 Å². The van der Waals surface area contributed by atoms with E-state index in [1.807, 2.05) is 26.0 Å². The number of aryl methyl sites for hydroxylation is 1. The topological polar surface area (TPSA) is 55.1 Å². The van der Waals surface area contributed by atoms with Gasteiger partial charge in [0.05, 0.1) is 5.92 Å². The second kappa shape index (κ2) is 4.45. The molecule has 3 N–H and O–H groups in total. The molecule has 1 aromatic rings. The minimum absolute atomic E-state index is 0.152. The first-order valence-electron chi connectivity index (χ1n) is 5.06. The maximum Gasteiger partial charge on any atom is 0.241 e. The van der Waals surface area contributed by atoms with E-state index in [1.165, 1.54) is 16.7 Å². The zero-order chi connectivity index (χ0) is 11.6. The lowest BCUT2D eigenvalue weighted by Crippen LogP contribution is -2.34. The van der Waals surface area contributed by atoms with Gasteiger partial charge in [0, 0.05) is 0 Å². The van der Waals surface area contributed by atoms with Crippen LogP contribution in [0.5, 0.6) is 0 Å². The first-order valence-corrected chi connectivity index (χ1v) is 5.06. The molecule has 15 heavy (non-hydrogen) atoms. The maximum atomic E-state index is 11.4. The fourth-order valence-electron chi connectivity index (χ4n) is 1.71. The van der Waals surface area contributed by atoms with Gasteiger partial charge in [-0.2, -0.15) is 0 Å². The number of carbonyl (C=O) groups excluding carboxylic acids is 1. The summed E-state index contributed by atoms with van der Waals surface area (Å²) >= 11 is 0. The molecule has 1 unspecified atom stereocenters. The highest BCUT2D eigenvalue weighted by Crippen LogP contribution is 2.24. The van der Waals surface area contributed by atoms with Crippen molar-refractivity contribution in [3.63, 3.8) is 0 Å². The quantitative estimate of drug-likeness (QED) is 0.439. The Morgan fingerprint density at radius 2 is 1.87 bits per heavy atom. The highest BCUT2D eigenvalue weighted by molar-refractivity contribution is 5.83. The van der Waals surface area contributed by atoms with Crippen molar-refractivity contribution < 1.29 is 4.79 Å². The van der Waals surface area contributed by atoms with E-state index in [0.29, 0.717) is 0 Å². The molecular weight excluding hydrogens is 188 g/mol. The van der Waals surface area contributed by atoms with E-state index in [4.69, 9.17) is 5.84 Å². The third-order valence-corrected chi connectivity index (χ3v) is 3.10. The SMILES string of the molecule is Cc1ccc(C(C)C(=O)NN)c(C)c1C. The minimum atomic E-state index is -0.200. The third kappa shape index (κ3) is 2.18. The second-order valence-electron chi connectivity index (χ2n) is 3.95. The van der Waals surface area contributed by atoms with Crippen LogP contribution >= 0.6 is 0 Å². The molecule has 0 fully saturated rings. The van der Waals surface area contributed by atoms with Crippen molar-refractivity contribution in [2.24, 2.45) is 5.84 Å². The Balaban J connectivity index is 3.16. The van der Waals surface area contributed by atoms with Crippen LogP contribution in [0.2, 0.25) is 0 Å². The van der Waals surface area contributed by atoms with Gasteiger partial charge in [0.25, 0.3) is 0 Å². The molecule has 3 heteroatoms. The fourth-order valence-corrected chi connectivity index (χ4v) is 1.71. The molecule has 1 amide bonds. The van der Waals surface area contributed by atoms with E-state index >= 15 is 0 Å². The van der Waals surface area contributed by atoms with E-state index in [0.717, 1.165) is 5.56 Å². The van der Waals surface area contributed by atoms with Crippen LogP contribution in [-0.2, 0) is 4.79 Å². The molecular formula is C12H18N2O. The molecule has 0 aliphatic carbocycles. The van der Waals surface area contributed by atoms with E-state index in [2.05, 4.69) is 19.3 Å². The summed E-state index contributed by atoms with van der Waals surface area (Å²) < 4.78 is 0. The fraction of sp³-hybridized carbons (Fsp3) is 0.417. The highest BCUT2D eigenvalue weighted by Gasteiger charge is 2.17. The van der Waals surface area contributed by atoms with Gasteiger partial charge in [-0.3, -0.25) is 10.2 Å².